The second-order valence-corrected chi connectivity index (χ2v) is 9.87. The van der Waals surface area contributed by atoms with Crippen molar-refractivity contribution in [1.29, 1.82) is 0 Å². The summed E-state index contributed by atoms with van der Waals surface area (Å²) < 4.78 is 11.1. The molecule has 40 heavy (non-hydrogen) atoms. The Balaban J connectivity index is 1.53. The number of Topliss-reactive ketones (excluding diaryl/α,β-unsaturated/α-hetero) is 1. The van der Waals surface area contributed by atoms with Gasteiger partial charge in [-0.25, -0.2) is 4.98 Å². The molecule has 1 saturated heterocycles. The number of ether oxygens (including phenoxy) is 2. The maximum Gasteiger partial charge on any atom is 0.180 e. The summed E-state index contributed by atoms with van der Waals surface area (Å²) in [5.74, 6) is 1.39. The molecule has 2 aromatic heterocycles. The van der Waals surface area contributed by atoms with Gasteiger partial charge in [-0.2, -0.15) is 0 Å². The molecular formula is C31H35N5O4. The number of aliphatic hydroxyl groups excluding tert-OH is 1. The Bertz CT molecular complexity index is 1470. The summed E-state index contributed by atoms with van der Waals surface area (Å²) >= 11 is 0. The van der Waals surface area contributed by atoms with Crippen LogP contribution in [0.4, 0.5) is 11.4 Å². The molecule has 0 amide bonds. The van der Waals surface area contributed by atoms with E-state index in [1.54, 1.807) is 32.7 Å². The molecule has 1 aliphatic rings. The first-order valence-corrected chi connectivity index (χ1v) is 13.6. The molecule has 0 saturated carbocycles. The highest BCUT2D eigenvalue weighted by atomic mass is 16.5. The van der Waals surface area contributed by atoms with Gasteiger partial charge in [0.2, 0.25) is 0 Å². The van der Waals surface area contributed by atoms with Gasteiger partial charge in [-0.3, -0.25) is 19.7 Å². The minimum atomic E-state index is -0.0105. The third kappa shape index (κ3) is 5.90. The van der Waals surface area contributed by atoms with Crippen molar-refractivity contribution in [3.05, 3.63) is 66.6 Å². The zero-order chi connectivity index (χ0) is 28.1. The number of aliphatic hydroxyl groups is 1. The van der Waals surface area contributed by atoms with E-state index in [1.807, 2.05) is 49.4 Å². The molecule has 0 radical (unpaired) electrons. The van der Waals surface area contributed by atoms with E-state index in [4.69, 9.17) is 14.5 Å². The van der Waals surface area contributed by atoms with Crippen LogP contribution in [0.25, 0.3) is 22.3 Å². The lowest BCUT2D eigenvalue weighted by atomic mass is 10.1. The SMILES string of the molecule is CCC(=O)c1cc(-c2cnc3ccc(N(CCN4CCCC4CO)c4cc(OC)cc(OC)c4)cc3n2)ccn1. The topological polar surface area (TPSA) is 101 Å². The molecule has 1 N–H and O–H groups in total. The predicted molar refractivity (Wildman–Crippen MR) is 156 cm³/mol. The molecular weight excluding hydrogens is 506 g/mol. The molecule has 9 nitrogen and oxygen atoms in total. The molecule has 4 aromatic rings. The Morgan fingerprint density at radius 1 is 1.02 bits per heavy atom. The number of pyridine rings is 1. The number of carbonyl (C=O) groups excluding carboxylic acids is 1. The van der Waals surface area contributed by atoms with E-state index in [0.717, 1.165) is 53.9 Å². The quantitative estimate of drug-likeness (QED) is 0.266. The molecule has 2 aromatic carbocycles. The van der Waals surface area contributed by atoms with Crippen molar-refractivity contribution < 1.29 is 19.4 Å². The molecule has 3 heterocycles. The Kier molecular flexibility index (Phi) is 8.52. The summed E-state index contributed by atoms with van der Waals surface area (Å²) in [6.45, 7) is 4.45. The number of aromatic nitrogens is 3. The summed E-state index contributed by atoms with van der Waals surface area (Å²) in [6.07, 6.45) is 5.86. The number of benzene rings is 2. The average molecular weight is 542 g/mol. The van der Waals surface area contributed by atoms with Crippen LogP contribution in [0.1, 0.15) is 36.7 Å². The largest absolute Gasteiger partial charge is 0.497 e. The first kappa shape index (κ1) is 27.5. The maximum absolute atomic E-state index is 12.2. The molecule has 0 spiro atoms. The zero-order valence-electron chi connectivity index (χ0n) is 23.2. The lowest BCUT2D eigenvalue weighted by molar-refractivity contribution is 0.0983. The number of methoxy groups -OCH3 is 2. The number of carbonyl (C=O) groups is 1. The molecule has 1 fully saturated rings. The summed E-state index contributed by atoms with van der Waals surface area (Å²) in [5, 5.41) is 9.85. The van der Waals surface area contributed by atoms with Crippen molar-refractivity contribution in [3.8, 4) is 22.8 Å². The molecule has 9 heteroatoms. The van der Waals surface area contributed by atoms with E-state index in [1.165, 1.54) is 0 Å². The third-order valence-corrected chi connectivity index (χ3v) is 7.47. The van der Waals surface area contributed by atoms with Gasteiger partial charge in [-0.1, -0.05) is 6.92 Å². The van der Waals surface area contributed by atoms with Crippen LogP contribution in [0, 0.1) is 0 Å². The number of likely N-dealkylation sites (tertiary alicyclic amines) is 1. The van der Waals surface area contributed by atoms with Crippen molar-refractivity contribution in [1.82, 2.24) is 19.9 Å². The fourth-order valence-corrected chi connectivity index (χ4v) is 5.21. The van der Waals surface area contributed by atoms with Gasteiger partial charge in [0.15, 0.2) is 5.78 Å². The van der Waals surface area contributed by atoms with Crippen LogP contribution in [0.15, 0.2) is 60.9 Å². The lowest BCUT2D eigenvalue weighted by Gasteiger charge is -2.30. The molecule has 1 unspecified atom stereocenters. The highest BCUT2D eigenvalue weighted by Gasteiger charge is 2.24. The summed E-state index contributed by atoms with van der Waals surface area (Å²) in [7, 11) is 3.29. The third-order valence-electron chi connectivity index (χ3n) is 7.47. The Hall–Kier alpha value is -4.08. The standard InChI is InChI=1S/C31H35N5O4/c1-4-31(38)29-14-21(9-10-32-29)30-19-33-27-8-7-22(17-28(27)34-30)36(13-12-35-11-5-6-23(35)20-37)24-15-25(39-2)18-26(16-24)40-3/h7-10,14-19,23,37H,4-6,11-13,20H2,1-3H3. The first-order chi connectivity index (χ1) is 19.5. The van der Waals surface area contributed by atoms with Crippen LogP contribution >= 0.6 is 0 Å². The van der Waals surface area contributed by atoms with Gasteiger partial charge in [-0.15, -0.1) is 0 Å². The normalized spacial score (nSPS) is 15.3. The molecule has 5 rings (SSSR count). The van der Waals surface area contributed by atoms with Gasteiger partial charge in [0.25, 0.3) is 0 Å². The molecule has 0 bridgehead atoms. The second-order valence-electron chi connectivity index (χ2n) is 9.87. The molecule has 1 aliphatic heterocycles. The Labute approximate surface area is 234 Å². The monoisotopic (exact) mass is 541 g/mol. The van der Waals surface area contributed by atoms with Gasteiger partial charge in [0.05, 0.1) is 43.8 Å². The Morgan fingerprint density at radius 3 is 2.55 bits per heavy atom. The number of nitrogens with zero attached hydrogens (tertiary/aromatic N) is 5. The van der Waals surface area contributed by atoms with Gasteiger partial charge >= 0.3 is 0 Å². The van der Waals surface area contributed by atoms with Crippen molar-refractivity contribution in [2.24, 2.45) is 0 Å². The van der Waals surface area contributed by atoms with Crippen LogP contribution in [0.5, 0.6) is 11.5 Å². The lowest BCUT2D eigenvalue weighted by Crippen LogP contribution is -2.38. The Morgan fingerprint density at radius 2 is 1.82 bits per heavy atom. The van der Waals surface area contributed by atoms with Gasteiger partial charge in [0, 0.05) is 66.9 Å². The number of ketones is 1. The van der Waals surface area contributed by atoms with E-state index < -0.39 is 0 Å². The van der Waals surface area contributed by atoms with Gasteiger partial charge in [0.1, 0.15) is 17.2 Å². The van der Waals surface area contributed by atoms with E-state index in [-0.39, 0.29) is 18.4 Å². The highest BCUT2D eigenvalue weighted by molar-refractivity contribution is 5.95. The van der Waals surface area contributed by atoms with Crippen LogP contribution < -0.4 is 14.4 Å². The van der Waals surface area contributed by atoms with Crippen molar-refractivity contribution in [2.75, 3.05) is 45.4 Å². The number of hydrogen-bond acceptors (Lipinski definition) is 9. The van der Waals surface area contributed by atoms with Crippen molar-refractivity contribution in [2.45, 2.75) is 32.2 Å². The number of fused-ring (bicyclic) bond motifs is 1. The molecule has 208 valence electrons. The average Bonchev–Trinajstić information content (AvgIpc) is 3.47. The minimum Gasteiger partial charge on any atom is -0.497 e. The van der Waals surface area contributed by atoms with E-state index in [0.29, 0.717) is 35.9 Å². The summed E-state index contributed by atoms with van der Waals surface area (Å²) in [6, 6.07) is 15.7. The fraction of sp³-hybridized carbons (Fsp3) is 0.355. The molecule has 1 atom stereocenters. The maximum atomic E-state index is 12.2. The predicted octanol–water partition coefficient (Wildman–Crippen LogP) is 4.90. The van der Waals surface area contributed by atoms with Crippen molar-refractivity contribution >= 4 is 28.2 Å². The van der Waals surface area contributed by atoms with Crippen LogP contribution in [0.3, 0.4) is 0 Å². The molecule has 0 aliphatic carbocycles. The first-order valence-electron chi connectivity index (χ1n) is 13.6. The zero-order valence-corrected chi connectivity index (χ0v) is 23.2. The number of anilines is 2. The van der Waals surface area contributed by atoms with E-state index in [9.17, 15) is 9.90 Å². The van der Waals surface area contributed by atoms with Gasteiger partial charge < -0.3 is 19.5 Å². The van der Waals surface area contributed by atoms with Crippen LogP contribution in [-0.2, 0) is 0 Å². The second kappa shape index (κ2) is 12.4. The van der Waals surface area contributed by atoms with E-state index >= 15 is 0 Å². The van der Waals surface area contributed by atoms with Gasteiger partial charge in [-0.05, 0) is 49.7 Å². The smallest absolute Gasteiger partial charge is 0.180 e. The number of hydrogen-bond donors (Lipinski definition) is 1. The summed E-state index contributed by atoms with van der Waals surface area (Å²) in [5.41, 5.74) is 5.29. The van der Waals surface area contributed by atoms with Crippen molar-refractivity contribution in [3.63, 3.8) is 0 Å². The number of rotatable bonds is 11. The highest BCUT2D eigenvalue weighted by Crippen LogP contribution is 2.34. The summed E-state index contributed by atoms with van der Waals surface area (Å²) in [4.78, 5) is 30.6. The van der Waals surface area contributed by atoms with Crippen LogP contribution in [-0.4, -0.2) is 77.2 Å². The van der Waals surface area contributed by atoms with Crippen LogP contribution in [0.2, 0.25) is 0 Å². The minimum absolute atomic E-state index is 0.0105. The van der Waals surface area contributed by atoms with E-state index in [2.05, 4.69) is 19.8 Å². The fourth-order valence-electron chi connectivity index (χ4n) is 5.21.